The largest absolute Gasteiger partial charge is 0.469 e. The molecule has 122 valence electrons. The molecule has 0 aliphatic rings. The molecular weight excluding hydrogens is 314 g/mol. The van der Waals surface area contributed by atoms with Crippen LogP contribution in [0.15, 0.2) is 22.8 Å². The van der Waals surface area contributed by atoms with Crippen molar-refractivity contribution in [3.05, 3.63) is 24.2 Å². The highest BCUT2D eigenvalue weighted by molar-refractivity contribution is 6.28. The van der Waals surface area contributed by atoms with E-state index in [0.717, 1.165) is 0 Å². The van der Waals surface area contributed by atoms with Gasteiger partial charge in [0.25, 0.3) is 0 Å². The first-order valence-electron chi connectivity index (χ1n) is 6.74. The van der Waals surface area contributed by atoms with Crippen molar-refractivity contribution in [2.75, 3.05) is 19.1 Å². The lowest BCUT2D eigenvalue weighted by Crippen LogP contribution is -2.63. The molecular formula is C14H18ClNO6. The van der Waals surface area contributed by atoms with E-state index in [0.29, 0.717) is 5.76 Å². The van der Waals surface area contributed by atoms with Gasteiger partial charge in [0.05, 0.1) is 25.9 Å². The lowest BCUT2D eigenvalue weighted by Gasteiger charge is -2.29. The summed E-state index contributed by atoms with van der Waals surface area (Å²) in [6.45, 7) is 3.25. The van der Waals surface area contributed by atoms with Crippen molar-refractivity contribution in [2.24, 2.45) is 0 Å². The van der Waals surface area contributed by atoms with E-state index in [1.54, 1.807) is 26.0 Å². The Kier molecular flexibility index (Phi) is 6.91. The second kappa shape index (κ2) is 8.43. The number of hydrogen-bond acceptors (Lipinski definition) is 6. The first-order valence-corrected chi connectivity index (χ1v) is 7.27. The number of furan rings is 1. The van der Waals surface area contributed by atoms with E-state index in [-0.39, 0.29) is 19.6 Å². The molecule has 0 spiro atoms. The molecule has 1 aromatic heterocycles. The Morgan fingerprint density at radius 2 is 1.82 bits per heavy atom. The average molecular weight is 332 g/mol. The Labute approximate surface area is 132 Å². The van der Waals surface area contributed by atoms with Gasteiger partial charge in [0, 0.05) is 0 Å². The second-order valence-electron chi connectivity index (χ2n) is 4.28. The van der Waals surface area contributed by atoms with Crippen LogP contribution in [0, 0.1) is 0 Å². The molecule has 0 radical (unpaired) electrons. The van der Waals surface area contributed by atoms with Crippen molar-refractivity contribution >= 4 is 29.4 Å². The lowest BCUT2D eigenvalue weighted by molar-refractivity contribution is -0.168. The maximum absolute atomic E-state index is 12.3. The summed E-state index contributed by atoms with van der Waals surface area (Å²) < 4.78 is 15.0. The quantitative estimate of drug-likeness (QED) is 0.434. The molecule has 0 aliphatic carbocycles. The Hall–Kier alpha value is -2.02. The smallest absolute Gasteiger partial charge is 0.344 e. The number of hydrogen-bond donors (Lipinski definition) is 1. The van der Waals surface area contributed by atoms with Crippen molar-refractivity contribution in [3.8, 4) is 0 Å². The van der Waals surface area contributed by atoms with Gasteiger partial charge < -0.3 is 19.2 Å². The highest BCUT2D eigenvalue weighted by Crippen LogP contribution is 2.19. The van der Waals surface area contributed by atoms with Crippen LogP contribution in [0.3, 0.4) is 0 Å². The molecule has 1 N–H and O–H groups in total. The SMILES string of the molecule is CCOC(=O)C(Cc1ccco1)(NC(=O)CCl)C(=O)OCC. The van der Waals surface area contributed by atoms with Crippen LogP contribution in [-0.4, -0.2) is 42.5 Å². The minimum atomic E-state index is -2.03. The van der Waals surface area contributed by atoms with Gasteiger partial charge in [0.1, 0.15) is 11.6 Å². The first-order chi connectivity index (χ1) is 10.5. The topological polar surface area (TPSA) is 94.8 Å². The van der Waals surface area contributed by atoms with Crippen LogP contribution in [0.5, 0.6) is 0 Å². The summed E-state index contributed by atoms with van der Waals surface area (Å²) in [5.74, 6) is -2.66. The summed E-state index contributed by atoms with van der Waals surface area (Å²) in [6.07, 6.45) is 1.15. The van der Waals surface area contributed by atoms with E-state index >= 15 is 0 Å². The van der Waals surface area contributed by atoms with E-state index in [4.69, 9.17) is 25.5 Å². The van der Waals surface area contributed by atoms with Gasteiger partial charge in [-0.25, -0.2) is 9.59 Å². The van der Waals surface area contributed by atoms with Crippen LogP contribution in [-0.2, 0) is 30.3 Å². The highest BCUT2D eigenvalue weighted by Gasteiger charge is 2.51. The van der Waals surface area contributed by atoms with E-state index < -0.39 is 29.3 Å². The predicted octanol–water partition coefficient (Wildman–Crippen LogP) is 1.04. The van der Waals surface area contributed by atoms with Gasteiger partial charge in [0.2, 0.25) is 11.4 Å². The number of carbonyl (C=O) groups excluding carboxylic acids is 3. The fourth-order valence-corrected chi connectivity index (χ4v) is 1.90. The highest BCUT2D eigenvalue weighted by atomic mass is 35.5. The fraction of sp³-hybridized carbons (Fsp3) is 0.500. The van der Waals surface area contributed by atoms with Crippen LogP contribution in [0.25, 0.3) is 0 Å². The molecule has 7 nitrogen and oxygen atoms in total. The molecule has 1 aromatic rings. The molecule has 0 saturated carbocycles. The normalized spacial score (nSPS) is 10.9. The fourth-order valence-electron chi connectivity index (χ4n) is 1.83. The summed E-state index contributed by atoms with van der Waals surface area (Å²) in [6, 6.07) is 3.17. The maximum atomic E-state index is 12.3. The molecule has 0 unspecified atom stereocenters. The zero-order valence-corrected chi connectivity index (χ0v) is 13.1. The summed E-state index contributed by atoms with van der Waals surface area (Å²) in [7, 11) is 0. The molecule has 1 rings (SSSR count). The molecule has 0 aliphatic heterocycles. The van der Waals surface area contributed by atoms with Crippen molar-refractivity contribution in [1.29, 1.82) is 0 Å². The van der Waals surface area contributed by atoms with E-state index in [2.05, 4.69) is 5.32 Å². The third-order valence-corrected chi connectivity index (χ3v) is 2.98. The summed E-state index contributed by atoms with van der Waals surface area (Å²) in [4.78, 5) is 36.4. The number of amides is 1. The zero-order valence-electron chi connectivity index (χ0n) is 12.4. The number of ether oxygens (including phenoxy) is 2. The van der Waals surface area contributed by atoms with Gasteiger partial charge in [-0.1, -0.05) is 0 Å². The van der Waals surface area contributed by atoms with E-state index in [9.17, 15) is 14.4 Å². The van der Waals surface area contributed by atoms with Gasteiger partial charge in [-0.2, -0.15) is 0 Å². The van der Waals surface area contributed by atoms with Crippen molar-refractivity contribution in [2.45, 2.75) is 25.8 Å². The van der Waals surface area contributed by atoms with Gasteiger partial charge in [0.15, 0.2) is 0 Å². The number of alkyl halides is 1. The summed E-state index contributed by atoms with van der Waals surface area (Å²) in [5.41, 5.74) is -2.03. The molecule has 1 heterocycles. The molecule has 0 fully saturated rings. The predicted molar refractivity (Wildman–Crippen MR) is 77.3 cm³/mol. The van der Waals surface area contributed by atoms with E-state index in [1.165, 1.54) is 6.26 Å². The van der Waals surface area contributed by atoms with Crippen molar-refractivity contribution in [3.63, 3.8) is 0 Å². The first kappa shape index (κ1) is 18.0. The van der Waals surface area contributed by atoms with Gasteiger partial charge >= 0.3 is 11.9 Å². The van der Waals surface area contributed by atoms with Crippen LogP contribution in [0.1, 0.15) is 19.6 Å². The average Bonchev–Trinajstić information content (AvgIpc) is 2.99. The number of rotatable bonds is 8. The summed E-state index contributed by atoms with van der Waals surface area (Å²) >= 11 is 5.46. The van der Waals surface area contributed by atoms with Gasteiger partial charge in [-0.3, -0.25) is 4.79 Å². The molecule has 8 heteroatoms. The lowest BCUT2D eigenvalue weighted by atomic mass is 9.93. The van der Waals surface area contributed by atoms with Crippen LogP contribution in [0.4, 0.5) is 0 Å². The minimum absolute atomic E-state index is 0.0366. The van der Waals surface area contributed by atoms with Crippen LogP contribution < -0.4 is 5.32 Å². The van der Waals surface area contributed by atoms with Crippen LogP contribution in [0.2, 0.25) is 0 Å². The van der Waals surface area contributed by atoms with Crippen LogP contribution >= 0.6 is 11.6 Å². The third kappa shape index (κ3) is 4.24. The molecule has 0 aromatic carbocycles. The maximum Gasteiger partial charge on any atom is 0.344 e. The monoisotopic (exact) mass is 331 g/mol. The van der Waals surface area contributed by atoms with Crippen molar-refractivity contribution in [1.82, 2.24) is 5.32 Å². The van der Waals surface area contributed by atoms with Gasteiger partial charge in [-0.15, -0.1) is 11.6 Å². The molecule has 22 heavy (non-hydrogen) atoms. The Bertz CT molecular complexity index is 495. The Balaban J connectivity index is 3.23. The number of nitrogens with one attached hydrogen (secondary N) is 1. The second-order valence-corrected chi connectivity index (χ2v) is 4.55. The Morgan fingerprint density at radius 3 is 2.23 bits per heavy atom. The molecule has 0 atom stereocenters. The summed E-state index contributed by atoms with van der Waals surface area (Å²) in [5, 5.41) is 2.31. The third-order valence-electron chi connectivity index (χ3n) is 2.74. The Morgan fingerprint density at radius 1 is 1.23 bits per heavy atom. The number of carbonyl (C=O) groups is 3. The molecule has 0 bridgehead atoms. The van der Waals surface area contributed by atoms with Crippen molar-refractivity contribution < 1.29 is 28.3 Å². The number of esters is 2. The number of halogens is 1. The standard InChI is InChI=1S/C14H18ClNO6/c1-3-20-12(18)14(13(19)21-4-2,16-11(17)9-15)8-10-6-5-7-22-10/h5-7H,3-4,8-9H2,1-2H3,(H,16,17). The minimum Gasteiger partial charge on any atom is -0.469 e. The molecule has 1 amide bonds. The molecule has 0 saturated heterocycles. The van der Waals surface area contributed by atoms with E-state index in [1.807, 2.05) is 0 Å². The zero-order chi connectivity index (χ0) is 16.6. The van der Waals surface area contributed by atoms with Gasteiger partial charge in [-0.05, 0) is 26.0 Å².